The molecule has 0 aromatic rings. The van der Waals surface area contributed by atoms with Gasteiger partial charge in [0.05, 0.1) is 6.54 Å². The summed E-state index contributed by atoms with van der Waals surface area (Å²) in [4.78, 5) is 10.9. The van der Waals surface area contributed by atoms with Gasteiger partial charge in [0, 0.05) is 28.9 Å². The van der Waals surface area contributed by atoms with E-state index in [9.17, 15) is 4.79 Å². The van der Waals surface area contributed by atoms with E-state index in [1.165, 1.54) is 0 Å². The molecule has 0 heterocycles. The number of rotatable bonds is 3. The predicted octanol–water partition coefficient (Wildman–Crippen LogP) is 0.793. The van der Waals surface area contributed by atoms with Gasteiger partial charge in [-0.3, -0.25) is 4.79 Å². The zero-order chi connectivity index (χ0) is 8.15. The van der Waals surface area contributed by atoms with Crippen molar-refractivity contribution in [3.05, 3.63) is 0 Å². The summed E-state index contributed by atoms with van der Waals surface area (Å²) in [5, 5.41) is 2.79. The van der Waals surface area contributed by atoms with Gasteiger partial charge >= 0.3 is 0 Å². The van der Waals surface area contributed by atoms with E-state index in [1.807, 2.05) is 24.0 Å². The molecule has 0 rings (SSSR count). The lowest BCUT2D eigenvalue weighted by atomic mass is 10.4. The number of halogens is 1. The molecule has 0 aromatic heterocycles. The first-order valence-electron chi connectivity index (χ1n) is 3.18. The number of carbonyl (C=O) groups excluding carboxylic acids is 1. The van der Waals surface area contributed by atoms with Gasteiger partial charge in [-0.2, -0.15) is 0 Å². The van der Waals surface area contributed by atoms with Crippen molar-refractivity contribution in [3.8, 4) is 0 Å². The molecule has 0 bridgehead atoms. The van der Waals surface area contributed by atoms with Gasteiger partial charge in [-0.25, -0.2) is 3.11 Å². The Hall–Kier alpha value is 0.160. The first-order valence-corrected chi connectivity index (χ1v) is 4.15. The van der Waals surface area contributed by atoms with Crippen molar-refractivity contribution in [1.82, 2.24) is 8.43 Å². The molecule has 0 aliphatic rings. The SMILES string of the molecule is CC(C)NC(=O)CN(C)I. The first kappa shape index (κ1) is 10.2. The number of nitrogens with one attached hydrogen (secondary N) is 1. The maximum Gasteiger partial charge on any atom is 0.235 e. The monoisotopic (exact) mass is 256 g/mol. The molecule has 0 radical (unpaired) electrons. The predicted molar refractivity (Wildman–Crippen MR) is 49.9 cm³/mol. The van der Waals surface area contributed by atoms with E-state index in [0.717, 1.165) is 0 Å². The summed E-state index contributed by atoms with van der Waals surface area (Å²) in [6, 6.07) is 0.240. The van der Waals surface area contributed by atoms with E-state index < -0.39 is 0 Å². The minimum atomic E-state index is 0.0758. The van der Waals surface area contributed by atoms with E-state index >= 15 is 0 Å². The molecule has 0 fully saturated rings. The summed E-state index contributed by atoms with van der Waals surface area (Å²) >= 11 is 2.08. The zero-order valence-corrected chi connectivity index (χ0v) is 8.68. The molecule has 4 heteroatoms. The molecule has 1 N–H and O–H groups in total. The number of hydrogen-bond donors (Lipinski definition) is 1. The average Bonchev–Trinajstić information content (AvgIpc) is 1.58. The number of carbonyl (C=O) groups is 1. The van der Waals surface area contributed by atoms with Gasteiger partial charge in [-0.15, -0.1) is 0 Å². The van der Waals surface area contributed by atoms with Gasteiger partial charge in [0.15, 0.2) is 0 Å². The van der Waals surface area contributed by atoms with E-state index in [-0.39, 0.29) is 11.9 Å². The van der Waals surface area contributed by atoms with Gasteiger partial charge in [-0.05, 0) is 20.9 Å². The Morgan fingerprint density at radius 3 is 2.50 bits per heavy atom. The zero-order valence-electron chi connectivity index (χ0n) is 6.52. The topological polar surface area (TPSA) is 32.3 Å². The van der Waals surface area contributed by atoms with Crippen LogP contribution >= 0.6 is 22.9 Å². The van der Waals surface area contributed by atoms with Gasteiger partial charge in [0.2, 0.25) is 5.91 Å². The Balaban J connectivity index is 3.44. The molecule has 0 aliphatic heterocycles. The van der Waals surface area contributed by atoms with Crippen LogP contribution in [0.3, 0.4) is 0 Å². The number of nitrogens with zero attached hydrogens (tertiary/aromatic N) is 1. The van der Waals surface area contributed by atoms with Crippen LogP contribution in [0.1, 0.15) is 13.8 Å². The van der Waals surface area contributed by atoms with Crippen LogP contribution in [-0.2, 0) is 4.79 Å². The molecule has 10 heavy (non-hydrogen) atoms. The number of amides is 1. The molecule has 0 atom stereocenters. The van der Waals surface area contributed by atoms with Crippen LogP contribution in [0.25, 0.3) is 0 Å². The van der Waals surface area contributed by atoms with Gasteiger partial charge in [0.1, 0.15) is 0 Å². The van der Waals surface area contributed by atoms with Crippen LogP contribution in [0, 0.1) is 0 Å². The summed E-state index contributed by atoms with van der Waals surface area (Å²) in [7, 11) is 1.86. The van der Waals surface area contributed by atoms with Crippen molar-refractivity contribution in [1.29, 1.82) is 0 Å². The molecule has 60 valence electrons. The van der Waals surface area contributed by atoms with Crippen LogP contribution in [0.5, 0.6) is 0 Å². The highest BCUT2D eigenvalue weighted by Crippen LogP contribution is 1.90. The summed E-state index contributed by atoms with van der Waals surface area (Å²) < 4.78 is 1.81. The van der Waals surface area contributed by atoms with Crippen LogP contribution in [0.15, 0.2) is 0 Å². The van der Waals surface area contributed by atoms with E-state index in [0.29, 0.717) is 6.54 Å². The van der Waals surface area contributed by atoms with Gasteiger partial charge < -0.3 is 5.32 Å². The third-order valence-electron chi connectivity index (χ3n) is 0.811. The van der Waals surface area contributed by atoms with Crippen LogP contribution in [0.4, 0.5) is 0 Å². The molecule has 0 aromatic carbocycles. The summed E-state index contributed by atoms with van der Waals surface area (Å²) in [6.45, 7) is 4.36. The third kappa shape index (κ3) is 6.28. The number of hydrogen-bond acceptors (Lipinski definition) is 2. The molecule has 1 amide bonds. The molecule has 3 nitrogen and oxygen atoms in total. The summed E-state index contributed by atoms with van der Waals surface area (Å²) in [6.07, 6.45) is 0. The van der Waals surface area contributed by atoms with Gasteiger partial charge in [0.25, 0.3) is 0 Å². The lowest BCUT2D eigenvalue weighted by Gasteiger charge is -2.10. The largest absolute Gasteiger partial charge is 0.353 e. The van der Waals surface area contributed by atoms with E-state index in [4.69, 9.17) is 0 Å². The van der Waals surface area contributed by atoms with Crippen LogP contribution in [-0.4, -0.2) is 28.7 Å². The van der Waals surface area contributed by atoms with Crippen molar-refractivity contribution in [3.63, 3.8) is 0 Å². The molecule has 0 spiro atoms. The number of likely N-dealkylation sites (N-methyl/N-ethyl adjacent to an activating group) is 1. The normalized spacial score (nSPS) is 10.6. The fourth-order valence-corrected chi connectivity index (χ4v) is 0.875. The standard InChI is InChI=1S/C6H13IN2O/c1-5(2)8-6(10)4-9(3)7/h5H,4H2,1-3H3,(H,8,10). The Kier molecular flexibility index (Phi) is 4.98. The van der Waals surface area contributed by atoms with Crippen LogP contribution in [0.2, 0.25) is 0 Å². The van der Waals surface area contributed by atoms with E-state index in [1.54, 1.807) is 0 Å². The van der Waals surface area contributed by atoms with Crippen molar-refractivity contribution in [2.24, 2.45) is 0 Å². The van der Waals surface area contributed by atoms with Crippen molar-refractivity contribution in [2.75, 3.05) is 13.6 Å². The summed E-state index contributed by atoms with van der Waals surface area (Å²) in [5.41, 5.74) is 0. The highest BCUT2D eigenvalue weighted by atomic mass is 127. The molecular formula is C6H13IN2O. The fraction of sp³-hybridized carbons (Fsp3) is 0.833. The van der Waals surface area contributed by atoms with Gasteiger partial charge in [-0.1, -0.05) is 0 Å². The molecule has 0 unspecified atom stereocenters. The van der Waals surface area contributed by atoms with Crippen molar-refractivity contribution in [2.45, 2.75) is 19.9 Å². The maximum absolute atomic E-state index is 10.9. The Bertz CT molecular complexity index is 102. The smallest absolute Gasteiger partial charge is 0.235 e. The molecule has 0 aliphatic carbocycles. The Morgan fingerprint density at radius 2 is 2.20 bits per heavy atom. The molecule has 0 saturated heterocycles. The maximum atomic E-state index is 10.9. The fourth-order valence-electron chi connectivity index (χ4n) is 0.566. The van der Waals surface area contributed by atoms with Crippen LogP contribution < -0.4 is 5.32 Å². The minimum absolute atomic E-state index is 0.0758. The summed E-state index contributed by atoms with van der Waals surface area (Å²) in [5.74, 6) is 0.0758. The second kappa shape index (κ2) is 4.90. The highest BCUT2D eigenvalue weighted by molar-refractivity contribution is 14.1. The first-order chi connectivity index (χ1) is 4.52. The van der Waals surface area contributed by atoms with Crippen molar-refractivity contribution < 1.29 is 4.79 Å². The Labute approximate surface area is 75.7 Å². The van der Waals surface area contributed by atoms with Crippen molar-refractivity contribution >= 4 is 28.8 Å². The van der Waals surface area contributed by atoms with E-state index in [2.05, 4.69) is 28.2 Å². The minimum Gasteiger partial charge on any atom is -0.353 e. The lowest BCUT2D eigenvalue weighted by molar-refractivity contribution is -0.121. The lowest BCUT2D eigenvalue weighted by Crippen LogP contribution is -2.35. The third-order valence-corrected chi connectivity index (χ3v) is 1.15. The highest BCUT2D eigenvalue weighted by Gasteiger charge is 2.03. The molecule has 0 saturated carbocycles. The molecular weight excluding hydrogens is 243 g/mol. The second-order valence-electron chi connectivity index (χ2n) is 2.49. The second-order valence-corrected chi connectivity index (χ2v) is 4.13. The average molecular weight is 256 g/mol. The quantitative estimate of drug-likeness (QED) is 0.598. The Morgan fingerprint density at radius 1 is 1.70 bits per heavy atom.